The maximum atomic E-state index is 11.4. The van der Waals surface area contributed by atoms with E-state index in [2.05, 4.69) is 0 Å². The average molecular weight is 315 g/mol. The summed E-state index contributed by atoms with van der Waals surface area (Å²) < 4.78 is 0.639. The van der Waals surface area contributed by atoms with Crippen molar-refractivity contribution in [3.05, 3.63) is 39.8 Å². The van der Waals surface area contributed by atoms with Crippen molar-refractivity contribution < 1.29 is 44.3 Å². The second-order valence-electron chi connectivity index (χ2n) is 4.38. The van der Waals surface area contributed by atoms with Gasteiger partial charge in [0.1, 0.15) is 0 Å². The normalized spacial score (nSPS) is 20.4. The van der Waals surface area contributed by atoms with Crippen LogP contribution in [0.2, 0.25) is 0 Å². The molecule has 7 heteroatoms. The van der Waals surface area contributed by atoms with Gasteiger partial charge in [0.15, 0.2) is 0 Å². The second-order valence-corrected chi connectivity index (χ2v) is 6.91. The van der Waals surface area contributed by atoms with Crippen molar-refractivity contribution in [2.45, 2.75) is 23.6 Å². The quantitative estimate of drug-likeness (QED) is 0.492. The van der Waals surface area contributed by atoms with Gasteiger partial charge in [0.2, 0.25) is 5.91 Å². The van der Waals surface area contributed by atoms with Gasteiger partial charge in [-0.1, -0.05) is 41.2 Å². The minimum Gasteiger partial charge on any atom is -0.543 e. The zero-order valence-electron chi connectivity index (χ0n) is 11.1. The van der Waals surface area contributed by atoms with Gasteiger partial charge in [-0.3, -0.25) is 9.69 Å². The number of rotatable bonds is 3. The molecule has 1 unspecified atom stereocenters. The number of aliphatic carboxylic acids is 1. The molecule has 0 aromatic heterocycles. The summed E-state index contributed by atoms with van der Waals surface area (Å²) in [7, 11) is 0. The molecule has 0 radical (unpaired) electrons. The molecule has 0 saturated carbocycles. The van der Waals surface area contributed by atoms with E-state index in [1.807, 2.05) is 31.2 Å². The molecule has 1 aromatic carbocycles. The maximum absolute atomic E-state index is 11.4. The van der Waals surface area contributed by atoms with E-state index in [4.69, 9.17) is 0 Å². The van der Waals surface area contributed by atoms with E-state index in [9.17, 15) is 14.7 Å². The fourth-order valence-electron chi connectivity index (χ4n) is 2.00. The van der Waals surface area contributed by atoms with E-state index in [1.54, 1.807) is 0 Å². The first kappa shape index (κ1) is 16.0. The Kier molecular flexibility index (Phi) is 4.92. The number of carboxylic acids is 1. The zero-order chi connectivity index (χ0) is 13.6. The largest absolute Gasteiger partial charge is 1.00 e. The number of aryl methyl sites for hydroxylation is 1. The smallest absolute Gasteiger partial charge is 0.543 e. The Morgan fingerprint density at radius 1 is 1.40 bits per heavy atom. The van der Waals surface area contributed by atoms with Crippen LogP contribution in [0.25, 0.3) is 0 Å². The molecule has 0 bridgehead atoms. The van der Waals surface area contributed by atoms with Gasteiger partial charge in [-0.15, -0.1) is 0 Å². The minimum absolute atomic E-state index is 0. The molecule has 3 rings (SSSR count). The van der Waals surface area contributed by atoms with E-state index in [-0.39, 0.29) is 46.5 Å². The number of hydrogen-bond acceptors (Lipinski definition) is 5. The fourth-order valence-corrected chi connectivity index (χ4v) is 4.67. The number of carbonyl (C=O) groups is 2. The van der Waals surface area contributed by atoms with Crippen molar-refractivity contribution >= 4 is 35.4 Å². The Bertz CT molecular complexity index is 600. The Labute approximate surface area is 147 Å². The van der Waals surface area contributed by atoms with Crippen LogP contribution in [0.3, 0.4) is 0 Å². The van der Waals surface area contributed by atoms with Crippen molar-refractivity contribution in [3.63, 3.8) is 0 Å². The van der Waals surface area contributed by atoms with Crippen LogP contribution >= 0.6 is 23.5 Å². The molecule has 0 aliphatic carbocycles. The van der Waals surface area contributed by atoms with Crippen LogP contribution in [0.5, 0.6) is 0 Å². The maximum Gasteiger partial charge on any atom is 1.00 e. The van der Waals surface area contributed by atoms with Crippen molar-refractivity contribution in [3.8, 4) is 0 Å². The number of β-lactam (4-membered cyclic amide) rings is 1. The summed E-state index contributed by atoms with van der Waals surface area (Å²) >= 11 is 2.80. The average Bonchev–Trinajstić information content (AvgIpc) is 2.65. The zero-order valence-corrected chi connectivity index (χ0v) is 14.7. The first-order valence-electron chi connectivity index (χ1n) is 5.75. The molecule has 1 aromatic rings. The predicted octanol–water partition coefficient (Wildman–Crippen LogP) is -1.68. The summed E-state index contributed by atoms with van der Waals surface area (Å²) in [5.74, 6) is -1.42. The van der Waals surface area contributed by atoms with Crippen LogP contribution in [-0.2, 0) is 9.59 Å². The van der Waals surface area contributed by atoms with E-state index < -0.39 is 5.97 Å². The first-order valence-corrected chi connectivity index (χ1v) is 7.45. The first-order chi connectivity index (χ1) is 9.06. The summed E-state index contributed by atoms with van der Waals surface area (Å²) in [5.41, 5.74) is 1.17. The monoisotopic (exact) mass is 315 g/mol. The molecule has 1 saturated heterocycles. The third kappa shape index (κ3) is 2.80. The van der Waals surface area contributed by atoms with Crippen LogP contribution < -0.4 is 34.7 Å². The van der Waals surface area contributed by atoms with Gasteiger partial charge >= 0.3 is 29.6 Å². The number of thioether (sulfide) groups is 2. The van der Waals surface area contributed by atoms with E-state index in [1.165, 1.54) is 28.4 Å². The van der Waals surface area contributed by atoms with Crippen molar-refractivity contribution in [1.82, 2.24) is 4.90 Å². The van der Waals surface area contributed by atoms with E-state index in [0.29, 0.717) is 10.7 Å². The molecular formula is C13H10NNaO3S2. The Hall–Kier alpha value is -0.400. The second kappa shape index (κ2) is 6.15. The van der Waals surface area contributed by atoms with Crippen molar-refractivity contribution in [1.29, 1.82) is 0 Å². The predicted molar refractivity (Wildman–Crippen MR) is 71.9 cm³/mol. The van der Waals surface area contributed by atoms with Gasteiger partial charge in [0, 0.05) is 4.90 Å². The number of hydrogen-bond donors (Lipinski definition) is 0. The summed E-state index contributed by atoms with van der Waals surface area (Å²) in [6.07, 6.45) is 0.402. The molecule has 4 nitrogen and oxygen atoms in total. The van der Waals surface area contributed by atoms with Crippen LogP contribution in [0.4, 0.5) is 0 Å². The number of benzene rings is 1. The van der Waals surface area contributed by atoms with Crippen LogP contribution in [-0.4, -0.2) is 22.2 Å². The molecule has 2 aliphatic heterocycles. The molecule has 0 N–H and O–H groups in total. The topological polar surface area (TPSA) is 60.4 Å². The van der Waals surface area contributed by atoms with Gasteiger partial charge in [-0.05, 0) is 19.1 Å². The van der Waals surface area contributed by atoms with Crippen LogP contribution in [0, 0.1) is 6.92 Å². The number of carbonyl (C=O) groups excluding carboxylic acids is 2. The van der Waals surface area contributed by atoms with Crippen molar-refractivity contribution in [2.75, 3.05) is 0 Å². The van der Waals surface area contributed by atoms with Crippen LogP contribution in [0.1, 0.15) is 12.0 Å². The number of amides is 1. The SMILES string of the molecule is Cc1ccc(SC2=C(C(=O)[O-])N3C(=O)CC3S2)cc1.[Na+]. The number of nitrogens with zero attached hydrogens (tertiary/aromatic N) is 1. The molecule has 1 fully saturated rings. The third-order valence-corrected chi connectivity index (χ3v) is 5.49. The molecule has 2 heterocycles. The van der Waals surface area contributed by atoms with Gasteiger partial charge < -0.3 is 9.90 Å². The van der Waals surface area contributed by atoms with Crippen LogP contribution in [0.15, 0.2) is 39.1 Å². The van der Waals surface area contributed by atoms with E-state index in [0.717, 1.165) is 10.5 Å². The van der Waals surface area contributed by atoms with Gasteiger partial charge in [0.05, 0.1) is 27.7 Å². The van der Waals surface area contributed by atoms with Gasteiger partial charge in [-0.2, -0.15) is 0 Å². The summed E-state index contributed by atoms with van der Waals surface area (Å²) in [6, 6.07) is 7.83. The minimum atomic E-state index is -1.28. The fraction of sp³-hybridized carbons (Fsp3) is 0.231. The summed E-state index contributed by atoms with van der Waals surface area (Å²) in [5, 5.41) is 11.1. The summed E-state index contributed by atoms with van der Waals surface area (Å²) in [6.45, 7) is 2.00. The van der Waals surface area contributed by atoms with Crippen molar-refractivity contribution in [2.24, 2.45) is 0 Å². The molecule has 98 valence electrons. The Morgan fingerprint density at radius 3 is 2.60 bits per heavy atom. The molecular weight excluding hydrogens is 305 g/mol. The van der Waals surface area contributed by atoms with Gasteiger partial charge in [0.25, 0.3) is 0 Å². The number of carboxylic acid groups (broad SMARTS) is 1. The standard InChI is InChI=1S/C13H11NO3S2.Na/c1-7-2-4-8(5-3-7)18-13-11(12(16)17)14-9(15)6-10(14)19-13;/h2-5,10H,6H2,1H3,(H,16,17);/q;+1/p-1. The molecule has 20 heavy (non-hydrogen) atoms. The Balaban J connectivity index is 0.00000147. The molecule has 2 aliphatic rings. The number of fused-ring (bicyclic) bond motifs is 1. The molecule has 0 spiro atoms. The Morgan fingerprint density at radius 2 is 2.05 bits per heavy atom. The summed E-state index contributed by atoms with van der Waals surface area (Å²) in [4.78, 5) is 24.9. The van der Waals surface area contributed by atoms with Gasteiger partial charge in [-0.25, -0.2) is 0 Å². The third-order valence-electron chi connectivity index (χ3n) is 3.01. The molecule has 1 atom stereocenters. The van der Waals surface area contributed by atoms with E-state index >= 15 is 0 Å². The molecule has 1 amide bonds.